The number of aliphatic hydroxyl groups is 1. The van der Waals surface area contributed by atoms with Crippen molar-refractivity contribution in [3.8, 4) is 0 Å². The summed E-state index contributed by atoms with van der Waals surface area (Å²) in [7, 11) is 0. The summed E-state index contributed by atoms with van der Waals surface area (Å²) < 4.78 is 0. The van der Waals surface area contributed by atoms with Crippen LogP contribution in [-0.4, -0.2) is 45.8 Å². The van der Waals surface area contributed by atoms with Gasteiger partial charge in [-0.3, -0.25) is 4.90 Å². The number of carboxylic acids is 1. The van der Waals surface area contributed by atoms with Gasteiger partial charge in [0.2, 0.25) is 0 Å². The minimum atomic E-state index is -1.29. The lowest BCUT2D eigenvalue weighted by atomic mass is 10.2. The molecule has 4 nitrogen and oxygen atoms in total. The fourth-order valence-electron chi connectivity index (χ4n) is 1.30. The Bertz CT molecular complexity index is 160. The quantitative estimate of drug-likeness (QED) is 0.663. The smallest absolute Gasteiger partial charge is 0.333 e. The van der Waals surface area contributed by atoms with Gasteiger partial charge >= 0.3 is 5.97 Å². The van der Waals surface area contributed by atoms with Crippen LogP contribution >= 0.6 is 0 Å². The van der Waals surface area contributed by atoms with Gasteiger partial charge < -0.3 is 10.2 Å². The zero-order valence-corrected chi connectivity index (χ0v) is 8.69. The lowest BCUT2D eigenvalue weighted by Crippen LogP contribution is -2.44. The van der Waals surface area contributed by atoms with Crippen molar-refractivity contribution in [3.05, 3.63) is 0 Å². The van der Waals surface area contributed by atoms with Gasteiger partial charge in [0, 0.05) is 18.6 Å². The van der Waals surface area contributed by atoms with Crippen LogP contribution in [0.15, 0.2) is 0 Å². The molecule has 0 aromatic rings. The Morgan fingerprint density at radius 3 is 1.85 bits per heavy atom. The lowest BCUT2D eigenvalue weighted by Gasteiger charge is -2.31. The number of aliphatic hydroxyl groups excluding tert-OH is 1. The summed E-state index contributed by atoms with van der Waals surface area (Å²) in [6, 6.07) is 0.489. The number of carboxylic acid groups (broad SMARTS) is 1. The van der Waals surface area contributed by atoms with Crippen molar-refractivity contribution >= 4 is 5.97 Å². The average Bonchev–Trinajstić information content (AvgIpc) is 1.97. The Morgan fingerprint density at radius 2 is 1.62 bits per heavy atom. The third-order valence-electron chi connectivity index (χ3n) is 2.00. The summed E-state index contributed by atoms with van der Waals surface area (Å²) in [6.45, 7) is 8.11. The summed E-state index contributed by atoms with van der Waals surface area (Å²) >= 11 is 0. The second-order valence-corrected chi connectivity index (χ2v) is 3.74. The average molecular weight is 189 g/mol. The molecule has 0 saturated carbocycles. The highest BCUT2D eigenvalue weighted by Gasteiger charge is 2.21. The Kier molecular flexibility index (Phi) is 4.95. The molecule has 2 N–H and O–H groups in total. The summed E-state index contributed by atoms with van der Waals surface area (Å²) in [4.78, 5) is 12.3. The molecule has 0 spiro atoms. The van der Waals surface area contributed by atoms with Crippen LogP contribution in [0.4, 0.5) is 0 Å². The summed E-state index contributed by atoms with van der Waals surface area (Å²) in [6.07, 6.45) is -1.29. The highest BCUT2D eigenvalue weighted by Crippen LogP contribution is 2.05. The zero-order chi connectivity index (χ0) is 10.6. The fourth-order valence-corrected chi connectivity index (χ4v) is 1.30. The first-order valence-corrected chi connectivity index (χ1v) is 4.52. The predicted octanol–water partition coefficient (Wildman–Crippen LogP) is 0.551. The van der Waals surface area contributed by atoms with Crippen molar-refractivity contribution in [3.63, 3.8) is 0 Å². The lowest BCUT2D eigenvalue weighted by molar-refractivity contribution is -0.148. The second-order valence-electron chi connectivity index (χ2n) is 3.74. The summed E-state index contributed by atoms with van der Waals surface area (Å²) in [5, 5.41) is 17.7. The molecule has 1 unspecified atom stereocenters. The molecule has 13 heavy (non-hydrogen) atoms. The zero-order valence-electron chi connectivity index (χ0n) is 8.69. The van der Waals surface area contributed by atoms with Crippen LogP contribution in [0.2, 0.25) is 0 Å². The standard InChI is InChI=1S/C9H19NO3/c1-6(2)10(7(3)4)5-8(11)9(12)13/h6-8,11H,5H2,1-4H3,(H,12,13). The van der Waals surface area contributed by atoms with E-state index in [1.807, 2.05) is 32.6 Å². The monoisotopic (exact) mass is 189 g/mol. The van der Waals surface area contributed by atoms with E-state index < -0.39 is 12.1 Å². The van der Waals surface area contributed by atoms with Gasteiger partial charge in [0.05, 0.1) is 0 Å². The fraction of sp³-hybridized carbons (Fsp3) is 0.889. The Balaban J connectivity index is 4.18. The number of hydrogen-bond acceptors (Lipinski definition) is 3. The number of aliphatic carboxylic acids is 1. The van der Waals surface area contributed by atoms with Crippen molar-refractivity contribution in [1.82, 2.24) is 4.90 Å². The predicted molar refractivity (Wildman–Crippen MR) is 50.6 cm³/mol. The van der Waals surface area contributed by atoms with Crippen molar-refractivity contribution in [2.75, 3.05) is 6.54 Å². The maximum absolute atomic E-state index is 10.4. The van der Waals surface area contributed by atoms with E-state index in [9.17, 15) is 4.79 Å². The molecule has 0 aromatic carbocycles. The van der Waals surface area contributed by atoms with E-state index in [2.05, 4.69) is 0 Å². The molecule has 78 valence electrons. The largest absolute Gasteiger partial charge is 0.479 e. The van der Waals surface area contributed by atoms with E-state index in [-0.39, 0.29) is 18.6 Å². The van der Waals surface area contributed by atoms with Crippen LogP contribution < -0.4 is 0 Å². The molecule has 0 aliphatic carbocycles. The van der Waals surface area contributed by atoms with Crippen molar-refractivity contribution in [1.29, 1.82) is 0 Å². The molecule has 0 saturated heterocycles. The molecule has 1 atom stereocenters. The molecule has 0 bridgehead atoms. The molecule has 0 rings (SSSR count). The van der Waals surface area contributed by atoms with Crippen LogP contribution in [0.3, 0.4) is 0 Å². The van der Waals surface area contributed by atoms with Crippen LogP contribution in [0.1, 0.15) is 27.7 Å². The minimum absolute atomic E-state index is 0.185. The van der Waals surface area contributed by atoms with E-state index in [4.69, 9.17) is 10.2 Å². The van der Waals surface area contributed by atoms with Gasteiger partial charge in [-0.15, -0.1) is 0 Å². The van der Waals surface area contributed by atoms with Crippen LogP contribution in [0.25, 0.3) is 0 Å². The van der Waals surface area contributed by atoms with Crippen LogP contribution in [0.5, 0.6) is 0 Å². The van der Waals surface area contributed by atoms with Crippen LogP contribution in [0, 0.1) is 0 Å². The third kappa shape index (κ3) is 4.24. The Morgan fingerprint density at radius 1 is 1.23 bits per heavy atom. The summed E-state index contributed by atoms with van der Waals surface area (Å²) in [5.74, 6) is -1.16. The van der Waals surface area contributed by atoms with Gasteiger partial charge in [0.25, 0.3) is 0 Å². The number of hydrogen-bond donors (Lipinski definition) is 2. The minimum Gasteiger partial charge on any atom is -0.479 e. The maximum atomic E-state index is 10.4. The second kappa shape index (κ2) is 5.19. The van der Waals surface area contributed by atoms with Gasteiger partial charge in [-0.2, -0.15) is 0 Å². The van der Waals surface area contributed by atoms with E-state index >= 15 is 0 Å². The number of rotatable bonds is 5. The normalized spacial score (nSPS) is 14.2. The molecule has 0 aromatic heterocycles. The van der Waals surface area contributed by atoms with Crippen molar-refractivity contribution < 1.29 is 15.0 Å². The topological polar surface area (TPSA) is 60.8 Å². The SMILES string of the molecule is CC(C)N(CC(O)C(=O)O)C(C)C. The van der Waals surface area contributed by atoms with Crippen LogP contribution in [-0.2, 0) is 4.79 Å². The third-order valence-corrected chi connectivity index (χ3v) is 2.00. The maximum Gasteiger partial charge on any atom is 0.333 e. The molecule has 0 radical (unpaired) electrons. The molecule has 4 heteroatoms. The van der Waals surface area contributed by atoms with Gasteiger partial charge in [-0.25, -0.2) is 4.79 Å². The van der Waals surface area contributed by atoms with E-state index in [1.54, 1.807) is 0 Å². The Labute approximate surface area is 79.2 Å². The number of carbonyl (C=O) groups is 1. The molecular weight excluding hydrogens is 170 g/mol. The molecule has 0 amide bonds. The molecule has 0 aliphatic rings. The van der Waals surface area contributed by atoms with E-state index in [0.29, 0.717) is 0 Å². The number of nitrogens with zero attached hydrogens (tertiary/aromatic N) is 1. The van der Waals surface area contributed by atoms with Gasteiger partial charge in [0.1, 0.15) is 0 Å². The first-order chi connectivity index (χ1) is 5.86. The van der Waals surface area contributed by atoms with Gasteiger partial charge in [-0.05, 0) is 27.7 Å². The molecular formula is C9H19NO3. The first-order valence-electron chi connectivity index (χ1n) is 4.52. The first kappa shape index (κ1) is 12.4. The summed E-state index contributed by atoms with van der Waals surface area (Å²) in [5.41, 5.74) is 0. The molecule has 0 aliphatic heterocycles. The van der Waals surface area contributed by atoms with Gasteiger partial charge in [0.15, 0.2) is 6.10 Å². The Hall–Kier alpha value is -0.610. The van der Waals surface area contributed by atoms with E-state index in [1.165, 1.54) is 0 Å². The highest BCUT2D eigenvalue weighted by atomic mass is 16.4. The van der Waals surface area contributed by atoms with Gasteiger partial charge in [-0.1, -0.05) is 0 Å². The van der Waals surface area contributed by atoms with E-state index in [0.717, 1.165) is 0 Å². The van der Waals surface area contributed by atoms with Crippen molar-refractivity contribution in [2.45, 2.75) is 45.9 Å². The van der Waals surface area contributed by atoms with Crippen molar-refractivity contribution in [2.24, 2.45) is 0 Å². The highest BCUT2D eigenvalue weighted by molar-refractivity contribution is 5.72. The molecule has 0 fully saturated rings. The molecule has 0 heterocycles.